The number of anilines is 2. The Morgan fingerprint density at radius 2 is 1.88 bits per heavy atom. The van der Waals surface area contributed by atoms with Crippen LogP contribution in [-0.2, 0) is 4.74 Å². The zero-order valence-corrected chi connectivity index (χ0v) is 18.3. The van der Waals surface area contributed by atoms with Gasteiger partial charge in [0.25, 0.3) is 0 Å². The predicted molar refractivity (Wildman–Crippen MR) is 127 cm³/mol. The van der Waals surface area contributed by atoms with E-state index in [-0.39, 0.29) is 11.8 Å². The Hall–Kier alpha value is -4.03. The second-order valence-electron chi connectivity index (χ2n) is 7.27. The van der Waals surface area contributed by atoms with Crippen molar-refractivity contribution in [2.24, 2.45) is 16.2 Å². The van der Waals surface area contributed by atoms with Gasteiger partial charge in [0.15, 0.2) is 17.5 Å². The minimum atomic E-state index is -0.0000968. The quantitative estimate of drug-likeness (QED) is 0.137. The van der Waals surface area contributed by atoms with Crippen LogP contribution in [0, 0.1) is 5.41 Å². The highest BCUT2D eigenvalue weighted by atomic mass is 32.1. The van der Waals surface area contributed by atoms with Crippen molar-refractivity contribution in [3.63, 3.8) is 0 Å². The van der Waals surface area contributed by atoms with Crippen molar-refractivity contribution in [2.45, 2.75) is 0 Å². The Labute approximate surface area is 192 Å². The molecule has 0 bridgehead atoms. The number of aromatic nitrogens is 4. The number of hydrogen-bond donors (Lipinski definition) is 3. The molecule has 5 N–H and O–H groups in total. The highest BCUT2D eigenvalue weighted by molar-refractivity contribution is 7.22. The summed E-state index contributed by atoms with van der Waals surface area (Å²) in [7, 11) is 0. The van der Waals surface area contributed by atoms with Gasteiger partial charge >= 0.3 is 0 Å². The number of ether oxygens (including phenoxy) is 1. The molecule has 1 saturated heterocycles. The van der Waals surface area contributed by atoms with Gasteiger partial charge in [-0.15, -0.1) is 16.5 Å². The van der Waals surface area contributed by atoms with Crippen LogP contribution in [0.3, 0.4) is 0 Å². The fraction of sp³-hybridized carbons (Fsp3) is 0.190. The average molecular weight is 461 g/mol. The van der Waals surface area contributed by atoms with Crippen LogP contribution in [0.4, 0.5) is 11.8 Å². The minimum absolute atomic E-state index is 0.0000968. The lowest BCUT2D eigenvalue weighted by atomic mass is 10.1. The lowest BCUT2D eigenvalue weighted by molar-refractivity contribution is 0.122. The van der Waals surface area contributed by atoms with Crippen molar-refractivity contribution < 1.29 is 4.74 Å². The van der Waals surface area contributed by atoms with Crippen LogP contribution in [0.25, 0.3) is 32.0 Å². The number of thiophene rings is 1. The van der Waals surface area contributed by atoms with Gasteiger partial charge in [0.2, 0.25) is 5.95 Å². The third-order valence-corrected chi connectivity index (χ3v) is 6.34. The van der Waals surface area contributed by atoms with Crippen LogP contribution in [-0.4, -0.2) is 52.1 Å². The Morgan fingerprint density at radius 1 is 1.09 bits per heavy atom. The Balaban J connectivity index is 1.63. The van der Waals surface area contributed by atoms with Crippen molar-refractivity contribution in [1.82, 2.24) is 19.9 Å². The van der Waals surface area contributed by atoms with Crippen LogP contribution in [0.15, 0.2) is 53.1 Å². The first-order valence-electron chi connectivity index (χ1n) is 10.1. The lowest BCUT2D eigenvalue weighted by Gasteiger charge is -2.28. The maximum Gasteiger partial charge on any atom is 0.219 e. The maximum atomic E-state index is 8.00. The molecular weight excluding hydrogens is 440 g/mol. The van der Waals surface area contributed by atoms with Gasteiger partial charge in [0.05, 0.1) is 29.0 Å². The van der Waals surface area contributed by atoms with E-state index in [1.54, 1.807) is 29.8 Å². The molecule has 0 atom stereocenters. The number of hydrogen-bond acceptors (Lipinski definition) is 10. The first-order valence-corrected chi connectivity index (χ1v) is 11.0. The Morgan fingerprint density at radius 3 is 2.64 bits per heavy atom. The number of benzene rings is 1. The molecule has 1 fully saturated rings. The average Bonchev–Trinajstić information content (AvgIpc) is 3.29. The van der Waals surface area contributed by atoms with Crippen molar-refractivity contribution in [3.05, 3.63) is 48.3 Å². The third kappa shape index (κ3) is 4.21. The predicted octanol–water partition coefficient (Wildman–Crippen LogP) is 2.89. The zero-order chi connectivity index (χ0) is 22.8. The monoisotopic (exact) mass is 460 g/mol. The molecule has 12 heteroatoms. The number of rotatable bonds is 4. The normalized spacial score (nSPS) is 14.2. The molecule has 0 amide bonds. The van der Waals surface area contributed by atoms with E-state index in [2.05, 4.69) is 25.2 Å². The molecule has 33 heavy (non-hydrogen) atoms. The first-order chi connectivity index (χ1) is 16.1. The smallest absolute Gasteiger partial charge is 0.219 e. The molecule has 0 unspecified atom stereocenters. The molecule has 0 saturated carbocycles. The fourth-order valence-electron chi connectivity index (χ4n) is 3.56. The molecule has 4 heterocycles. The summed E-state index contributed by atoms with van der Waals surface area (Å²) in [5.74, 6) is 6.69. The molecule has 1 aliphatic heterocycles. The van der Waals surface area contributed by atoms with Gasteiger partial charge in [-0.2, -0.15) is 0 Å². The van der Waals surface area contributed by atoms with E-state index in [9.17, 15) is 0 Å². The van der Waals surface area contributed by atoms with Crippen molar-refractivity contribution in [2.75, 3.05) is 36.9 Å². The Kier molecular flexibility index (Phi) is 5.59. The molecule has 0 aliphatic carbocycles. The summed E-state index contributed by atoms with van der Waals surface area (Å²) in [6.45, 7) is 2.77. The second kappa shape index (κ2) is 8.84. The fourth-order valence-corrected chi connectivity index (χ4v) is 4.67. The standard InChI is InChI=1S/C21H20N10OS/c22-18(29-30-24)13-3-1-2-12(8-13)16-9-15-17(33-16)20(31-4-6-32-7-5-31)28-19(27-15)14-10-25-21(23)26-11-14/h1-3,8-11H,4-7H2,(H3,22,24,29)(H2,23,25,26). The number of nitrogens with zero attached hydrogens (tertiary/aromatic N) is 7. The molecule has 0 radical (unpaired) electrons. The van der Waals surface area contributed by atoms with Crippen LogP contribution in [0.1, 0.15) is 5.56 Å². The number of nitrogen functional groups attached to an aromatic ring is 1. The molecule has 1 aromatic carbocycles. The summed E-state index contributed by atoms with van der Waals surface area (Å²) in [4.78, 5) is 21.0. The van der Waals surface area contributed by atoms with E-state index in [1.807, 2.05) is 24.3 Å². The summed E-state index contributed by atoms with van der Waals surface area (Å²) in [5.41, 5.74) is 8.72. The largest absolute Gasteiger partial charge is 0.378 e. The number of amidine groups is 1. The summed E-state index contributed by atoms with van der Waals surface area (Å²) >= 11 is 1.60. The van der Waals surface area contributed by atoms with Crippen molar-refractivity contribution in [3.8, 4) is 21.8 Å². The summed E-state index contributed by atoms with van der Waals surface area (Å²) in [6.07, 6.45) is 3.25. The molecule has 11 nitrogen and oxygen atoms in total. The van der Waals surface area contributed by atoms with E-state index in [1.165, 1.54) is 0 Å². The first kappa shape index (κ1) is 20.8. The van der Waals surface area contributed by atoms with Crippen LogP contribution in [0.5, 0.6) is 0 Å². The number of fused-ring (bicyclic) bond motifs is 1. The van der Waals surface area contributed by atoms with Crippen LogP contribution < -0.4 is 16.5 Å². The number of morpholine rings is 1. The molecule has 5 rings (SSSR count). The Bertz CT molecular complexity index is 1350. The van der Waals surface area contributed by atoms with Crippen molar-refractivity contribution in [1.29, 1.82) is 5.41 Å². The molecule has 1 aliphatic rings. The van der Waals surface area contributed by atoms with Gasteiger partial charge < -0.3 is 21.2 Å². The SMILES string of the molecule is N=C(N=NN)c1cccc(-c2cc3nc(-c4cnc(N)nc4)nc(N4CCOCC4)c3s2)c1. The summed E-state index contributed by atoms with van der Waals surface area (Å²) < 4.78 is 6.51. The van der Waals surface area contributed by atoms with E-state index in [4.69, 9.17) is 31.7 Å². The molecule has 4 aromatic rings. The molecule has 166 valence electrons. The molecule has 0 spiro atoms. The number of nitrogens with one attached hydrogen (secondary N) is 1. The van der Waals surface area contributed by atoms with E-state index < -0.39 is 0 Å². The topological polar surface area (TPSA) is 165 Å². The highest BCUT2D eigenvalue weighted by Crippen LogP contribution is 2.39. The number of nitrogens with two attached hydrogens (primary N) is 2. The minimum Gasteiger partial charge on any atom is -0.378 e. The van der Waals surface area contributed by atoms with Gasteiger partial charge in [0, 0.05) is 35.9 Å². The van der Waals surface area contributed by atoms with E-state index in [0.29, 0.717) is 30.2 Å². The van der Waals surface area contributed by atoms with Gasteiger partial charge in [-0.3, -0.25) is 5.41 Å². The highest BCUT2D eigenvalue weighted by Gasteiger charge is 2.21. The van der Waals surface area contributed by atoms with E-state index in [0.717, 1.165) is 39.6 Å². The van der Waals surface area contributed by atoms with Gasteiger partial charge in [-0.1, -0.05) is 23.4 Å². The molecular formula is C21H20N10OS. The van der Waals surface area contributed by atoms with Gasteiger partial charge in [-0.25, -0.2) is 19.9 Å². The summed E-state index contributed by atoms with van der Waals surface area (Å²) in [6, 6.07) is 9.57. The van der Waals surface area contributed by atoms with Crippen LogP contribution >= 0.6 is 11.3 Å². The van der Waals surface area contributed by atoms with Crippen molar-refractivity contribution >= 4 is 39.2 Å². The zero-order valence-electron chi connectivity index (χ0n) is 17.5. The lowest BCUT2D eigenvalue weighted by Crippen LogP contribution is -2.36. The van der Waals surface area contributed by atoms with Gasteiger partial charge in [0.1, 0.15) is 0 Å². The molecule has 3 aromatic heterocycles. The maximum absolute atomic E-state index is 8.00. The summed E-state index contributed by atoms with van der Waals surface area (Å²) in [5, 5.41) is 14.8. The second-order valence-corrected chi connectivity index (χ2v) is 8.32. The third-order valence-electron chi connectivity index (χ3n) is 5.17. The van der Waals surface area contributed by atoms with E-state index >= 15 is 0 Å². The van der Waals surface area contributed by atoms with Gasteiger partial charge in [-0.05, 0) is 17.7 Å². The van der Waals surface area contributed by atoms with Crippen LogP contribution in [0.2, 0.25) is 0 Å².